The van der Waals surface area contributed by atoms with Crippen LogP contribution in [0.15, 0.2) is 9.52 Å². The Morgan fingerprint density at radius 1 is 1.42 bits per heavy atom. The number of aromatic nitrogens is 1. The van der Waals surface area contributed by atoms with E-state index in [1.165, 1.54) is 25.7 Å². The third kappa shape index (κ3) is 4.67. The molecule has 1 fully saturated rings. The molecular formula is C13H23IN4O. The first-order valence-electron chi connectivity index (χ1n) is 6.65. The van der Waals surface area contributed by atoms with Crippen molar-refractivity contribution in [3.63, 3.8) is 0 Å². The van der Waals surface area contributed by atoms with Gasteiger partial charge in [-0.25, -0.2) is 0 Å². The summed E-state index contributed by atoms with van der Waals surface area (Å²) in [7, 11) is 0. The molecule has 1 aromatic heterocycles. The van der Waals surface area contributed by atoms with Crippen LogP contribution in [0.25, 0.3) is 0 Å². The highest BCUT2D eigenvalue weighted by Crippen LogP contribution is 2.17. The summed E-state index contributed by atoms with van der Waals surface area (Å²) in [4.78, 5) is 4.36. The quantitative estimate of drug-likeness (QED) is 0.479. The van der Waals surface area contributed by atoms with Gasteiger partial charge in [-0.05, 0) is 33.1 Å². The Kier molecular flexibility index (Phi) is 6.60. The van der Waals surface area contributed by atoms with Crippen molar-refractivity contribution in [2.24, 2.45) is 10.7 Å². The van der Waals surface area contributed by atoms with Crippen molar-refractivity contribution in [3.8, 4) is 0 Å². The van der Waals surface area contributed by atoms with Crippen molar-refractivity contribution in [3.05, 3.63) is 17.0 Å². The first kappa shape index (κ1) is 16.3. The smallest absolute Gasteiger partial charge is 0.188 e. The van der Waals surface area contributed by atoms with Crippen molar-refractivity contribution in [1.82, 2.24) is 10.5 Å². The number of aliphatic imine (C=N–C) groups is 1. The number of hydrogen-bond donors (Lipinski definition) is 2. The Morgan fingerprint density at radius 3 is 2.68 bits per heavy atom. The van der Waals surface area contributed by atoms with Crippen molar-refractivity contribution in [1.29, 1.82) is 0 Å². The van der Waals surface area contributed by atoms with E-state index in [-0.39, 0.29) is 24.0 Å². The van der Waals surface area contributed by atoms with E-state index in [2.05, 4.69) is 15.5 Å². The topological polar surface area (TPSA) is 76.4 Å². The summed E-state index contributed by atoms with van der Waals surface area (Å²) in [6.07, 6.45) is 5.84. The zero-order chi connectivity index (χ0) is 13.0. The number of guanidine groups is 1. The lowest BCUT2D eigenvalue weighted by molar-refractivity contribution is 0.392. The largest absolute Gasteiger partial charge is 0.370 e. The van der Waals surface area contributed by atoms with Crippen LogP contribution in [-0.2, 0) is 6.42 Å². The molecule has 5 nitrogen and oxygen atoms in total. The fourth-order valence-electron chi connectivity index (χ4n) is 2.47. The molecule has 0 spiro atoms. The van der Waals surface area contributed by atoms with E-state index in [9.17, 15) is 0 Å². The number of aryl methyl sites for hydroxylation is 2. The van der Waals surface area contributed by atoms with Crippen LogP contribution in [0.3, 0.4) is 0 Å². The van der Waals surface area contributed by atoms with E-state index in [1.54, 1.807) is 0 Å². The van der Waals surface area contributed by atoms with Gasteiger partial charge in [0.1, 0.15) is 5.76 Å². The predicted octanol–water partition coefficient (Wildman–Crippen LogP) is 2.30. The highest BCUT2D eigenvalue weighted by Gasteiger charge is 2.14. The van der Waals surface area contributed by atoms with Crippen LogP contribution < -0.4 is 11.1 Å². The third-order valence-corrected chi connectivity index (χ3v) is 3.53. The molecule has 108 valence electrons. The molecule has 1 heterocycles. The number of nitrogens with one attached hydrogen (secondary N) is 1. The Labute approximate surface area is 131 Å². The molecule has 1 saturated carbocycles. The Hall–Kier alpha value is -0.790. The molecule has 0 saturated heterocycles. The van der Waals surface area contributed by atoms with Crippen molar-refractivity contribution in [2.75, 3.05) is 6.54 Å². The number of nitrogens with two attached hydrogens (primary N) is 1. The molecule has 0 bridgehead atoms. The van der Waals surface area contributed by atoms with Gasteiger partial charge in [-0.1, -0.05) is 18.0 Å². The van der Waals surface area contributed by atoms with Crippen molar-refractivity contribution in [2.45, 2.75) is 52.0 Å². The van der Waals surface area contributed by atoms with E-state index in [4.69, 9.17) is 10.3 Å². The molecule has 6 heteroatoms. The van der Waals surface area contributed by atoms with Gasteiger partial charge in [-0.3, -0.25) is 4.99 Å². The second-order valence-electron chi connectivity index (χ2n) is 4.95. The standard InChI is InChI=1S/C13H22N4O.HI/c1-9-12(10(2)18-17-9)7-8-15-13(14)16-11-5-3-4-6-11;/h11H,3-8H2,1-2H3,(H3,14,15,16);1H. The minimum Gasteiger partial charge on any atom is -0.370 e. The molecule has 0 unspecified atom stereocenters. The molecule has 0 atom stereocenters. The zero-order valence-electron chi connectivity index (χ0n) is 11.6. The molecule has 1 aliphatic carbocycles. The second-order valence-corrected chi connectivity index (χ2v) is 4.95. The first-order valence-corrected chi connectivity index (χ1v) is 6.65. The molecule has 2 rings (SSSR count). The molecule has 0 radical (unpaired) electrons. The Morgan fingerprint density at radius 2 is 2.11 bits per heavy atom. The van der Waals surface area contributed by atoms with E-state index in [0.717, 1.165) is 23.4 Å². The third-order valence-electron chi connectivity index (χ3n) is 3.53. The minimum absolute atomic E-state index is 0. The molecule has 0 aliphatic heterocycles. The van der Waals surface area contributed by atoms with Crippen molar-refractivity contribution < 1.29 is 4.52 Å². The van der Waals surface area contributed by atoms with Crippen molar-refractivity contribution >= 4 is 29.9 Å². The van der Waals surface area contributed by atoms with Crippen LogP contribution in [-0.4, -0.2) is 23.7 Å². The molecule has 0 aromatic carbocycles. The van der Waals surface area contributed by atoms with E-state index in [0.29, 0.717) is 18.5 Å². The maximum Gasteiger partial charge on any atom is 0.188 e. The van der Waals surface area contributed by atoms with Gasteiger partial charge >= 0.3 is 0 Å². The molecule has 1 aromatic rings. The number of hydrogen-bond acceptors (Lipinski definition) is 3. The van der Waals surface area contributed by atoms with E-state index in [1.807, 2.05) is 13.8 Å². The Bertz CT molecular complexity index is 405. The lowest BCUT2D eigenvalue weighted by Crippen LogP contribution is -2.38. The van der Waals surface area contributed by atoms with Gasteiger partial charge in [0.05, 0.1) is 5.69 Å². The normalized spacial score (nSPS) is 16.4. The van der Waals surface area contributed by atoms with Crippen LogP contribution in [0.4, 0.5) is 0 Å². The van der Waals surface area contributed by atoms with Crippen LogP contribution in [0.5, 0.6) is 0 Å². The SMILES string of the molecule is Cc1noc(C)c1CCN=C(N)NC1CCCC1.I. The fourth-order valence-corrected chi connectivity index (χ4v) is 2.47. The lowest BCUT2D eigenvalue weighted by atomic mass is 10.1. The van der Waals surface area contributed by atoms with Gasteiger partial charge < -0.3 is 15.6 Å². The molecule has 0 amide bonds. The van der Waals surface area contributed by atoms with Gasteiger partial charge in [0, 0.05) is 18.2 Å². The highest BCUT2D eigenvalue weighted by atomic mass is 127. The summed E-state index contributed by atoms with van der Waals surface area (Å²) in [5.74, 6) is 1.44. The number of nitrogens with zero attached hydrogens (tertiary/aromatic N) is 2. The van der Waals surface area contributed by atoms with Gasteiger partial charge in [0.2, 0.25) is 0 Å². The summed E-state index contributed by atoms with van der Waals surface area (Å²) in [6.45, 7) is 4.56. The fraction of sp³-hybridized carbons (Fsp3) is 0.692. The summed E-state index contributed by atoms with van der Waals surface area (Å²) < 4.78 is 5.12. The molecular weight excluding hydrogens is 355 g/mol. The highest BCUT2D eigenvalue weighted by molar-refractivity contribution is 14.0. The maximum absolute atomic E-state index is 5.87. The lowest BCUT2D eigenvalue weighted by Gasteiger charge is -2.12. The molecule has 1 aliphatic rings. The molecule has 3 N–H and O–H groups in total. The van der Waals surface area contributed by atoms with E-state index >= 15 is 0 Å². The monoisotopic (exact) mass is 378 g/mol. The maximum atomic E-state index is 5.87. The summed E-state index contributed by atoms with van der Waals surface area (Å²) in [5.41, 5.74) is 7.96. The summed E-state index contributed by atoms with van der Waals surface area (Å²) >= 11 is 0. The molecule has 19 heavy (non-hydrogen) atoms. The number of rotatable bonds is 4. The second kappa shape index (κ2) is 7.72. The van der Waals surface area contributed by atoms with Gasteiger partial charge in [0.15, 0.2) is 5.96 Å². The average molecular weight is 378 g/mol. The summed E-state index contributed by atoms with van der Waals surface area (Å²) in [5, 5.41) is 7.20. The van der Waals surface area contributed by atoms with Crippen LogP contribution in [0, 0.1) is 13.8 Å². The van der Waals surface area contributed by atoms with Gasteiger partial charge in [0.25, 0.3) is 0 Å². The van der Waals surface area contributed by atoms with Crippen LogP contribution in [0.1, 0.15) is 42.7 Å². The van der Waals surface area contributed by atoms with Gasteiger partial charge in [-0.15, -0.1) is 24.0 Å². The minimum atomic E-state index is 0. The zero-order valence-corrected chi connectivity index (χ0v) is 13.9. The van der Waals surface area contributed by atoms with E-state index < -0.39 is 0 Å². The van der Waals surface area contributed by atoms with Crippen LogP contribution in [0.2, 0.25) is 0 Å². The van der Waals surface area contributed by atoms with Gasteiger partial charge in [-0.2, -0.15) is 0 Å². The summed E-state index contributed by atoms with van der Waals surface area (Å²) in [6, 6.07) is 0.521. The Balaban J connectivity index is 0.00000180. The number of halogens is 1. The average Bonchev–Trinajstić information content (AvgIpc) is 2.93. The van der Waals surface area contributed by atoms with Crippen LogP contribution >= 0.6 is 24.0 Å². The predicted molar refractivity (Wildman–Crippen MR) is 87.0 cm³/mol. The first-order chi connectivity index (χ1) is 8.66.